The van der Waals surface area contributed by atoms with Crippen LogP contribution in [0.25, 0.3) is 6.08 Å². The van der Waals surface area contributed by atoms with E-state index in [1.165, 1.54) is 28.3 Å². The van der Waals surface area contributed by atoms with Gasteiger partial charge in [0, 0.05) is 0 Å². The molecular formula is C14H16O. The number of benzene rings is 1. The predicted octanol–water partition coefficient (Wildman–Crippen LogP) is 3.38. The summed E-state index contributed by atoms with van der Waals surface area (Å²) in [6.45, 7) is 6.35. The molecule has 0 saturated carbocycles. The average Bonchev–Trinajstić information content (AvgIpc) is 2.21. The third-order valence-electron chi connectivity index (χ3n) is 2.54. The van der Waals surface area contributed by atoms with Gasteiger partial charge < -0.3 is 0 Å². The molecule has 0 N–H and O–H groups in total. The Morgan fingerprint density at radius 3 is 2.07 bits per heavy atom. The Kier molecular flexibility index (Phi) is 4.04. The van der Waals surface area contributed by atoms with Crippen molar-refractivity contribution in [2.24, 2.45) is 0 Å². The molecule has 0 fully saturated rings. The van der Waals surface area contributed by atoms with Crippen molar-refractivity contribution in [3.8, 4) is 0 Å². The van der Waals surface area contributed by atoms with E-state index in [9.17, 15) is 4.79 Å². The van der Waals surface area contributed by atoms with E-state index in [1.54, 1.807) is 6.08 Å². The SMILES string of the molecule is Cc1cc(/C=C/C=C/C=O)cc(C)c1C. The van der Waals surface area contributed by atoms with Gasteiger partial charge in [-0.2, -0.15) is 0 Å². The first kappa shape index (κ1) is 11.4. The summed E-state index contributed by atoms with van der Waals surface area (Å²) in [5.41, 5.74) is 5.12. The van der Waals surface area contributed by atoms with Gasteiger partial charge in [0.1, 0.15) is 6.29 Å². The molecular weight excluding hydrogens is 184 g/mol. The lowest BCUT2D eigenvalue weighted by Gasteiger charge is -2.05. The van der Waals surface area contributed by atoms with Crippen molar-refractivity contribution in [3.05, 3.63) is 52.6 Å². The summed E-state index contributed by atoms with van der Waals surface area (Å²) in [7, 11) is 0. The molecule has 78 valence electrons. The number of carbonyl (C=O) groups is 1. The van der Waals surface area contributed by atoms with Crippen LogP contribution in [0.4, 0.5) is 0 Å². The Hall–Kier alpha value is -1.63. The number of aldehydes is 1. The summed E-state index contributed by atoms with van der Waals surface area (Å²) in [5, 5.41) is 0. The fraction of sp³-hybridized carbons (Fsp3) is 0.214. The lowest BCUT2D eigenvalue weighted by Crippen LogP contribution is -1.87. The van der Waals surface area contributed by atoms with Crippen LogP contribution in [0.1, 0.15) is 22.3 Å². The standard InChI is InChI=1S/C14H16O/c1-11-9-14(7-5-4-6-8-15)10-12(2)13(11)3/h4-10H,1-3H3/b6-4+,7-5+. The van der Waals surface area contributed by atoms with E-state index in [1.807, 2.05) is 12.2 Å². The van der Waals surface area contributed by atoms with Crippen molar-refractivity contribution in [2.45, 2.75) is 20.8 Å². The molecule has 1 aromatic rings. The second-order valence-corrected chi connectivity index (χ2v) is 3.66. The Bertz CT molecular complexity index is 388. The van der Waals surface area contributed by atoms with Gasteiger partial charge in [-0.25, -0.2) is 0 Å². The normalized spacial score (nSPS) is 11.4. The van der Waals surface area contributed by atoms with Gasteiger partial charge in [-0.15, -0.1) is 0 Å². The van der Waals surface area contributed by atoms with Crippen LogP contribution in [0.5, 0.6) is 0 Å². The first-order valence-electron chi connectivity index (χ1n) is 5.01. The molecule has 0 aromatic heterocycles. The Morgan fingerprint density at radius 2 is 1.53 bits per heavy atom. The Balaban J connectivity index is 2.92. The highest BCUT2D eigenvalue weighted by Gasteiger charge is 1.97. The zero-order chi connectivity index (χ0) is 11.3. The van der Waals surface area contributed by atoms with E-state index in [0.29, 0.717) is 0 Å². The maximum atomic E-state index is 10.0. The van der Waals surface area contributed by atoms with Crippen LogP contribution in [0.2, 0.25) is 0 Å². The fourth-order valence-corrected chi connectivity index (χ4v) is 1.44. The minimum atomic E-state index is 0.774. The van der Waals surface area contributed by atoms with Gasteiger partial charge >= 0.3 is 0 Å². The molecule has 0 bridgehead atoms. The molecule has 0 aliphatic rings. The summed E-state index contributed by atoms with van der Waals surface area (Å²) >= 11 is 0. The molecule has 1 rings (SSSR count). The molecule has 1 aromatic carbocycles. The zero-order valence-corrected chi connectivity index (χ0v) is 9.45. The van der Waals surface area contributed by atoms with Gasteiger partial charge in [0.05, 0.1) is 0 Å². The van der Waals surface area contributed by atoms with Gasteiger partial charge in [0.25, 0.3) is 0 Å². The van der Waals surface area contributed by atoms with Crippen molar-refractivity contribution < 1.29 is 4.79 Å². The van der Waals surface area contributed by atoms with Crippen molar-refractivity contribution in [1.29, 1.82) is 0 Å². The molecule has 1 heteroatoms. The summed E-state index contributed by atoms with van der Waals surface area (Å²) < 4.78 is 0. The topological polar surface area (TPSA) is 17.1 Å². The van der Waals surface area contributed by atoms with Crippen LogP contribution in [-0.2, 0) is 4.79 Å². The first-order valence-corrected chi connectivity index (χ1v) is 5.01. The van der Waals surface area contributed by atoms with Gasteiger partial charge in [-0.3, -0.25) is 4.79 Å². The minimum absolute atomic E-state index is 0.774. The number of hydrogen-bond donors (Lipinski definition) is 0. The molecule has 0 aliphatic heterocycles. The average molecular weight is 200 g/mol. The van der Waals surface area contributed by atoms with Crippen LogP contribution in [-0.4, -0.2) is 6.29 Å². The summed E-state index contributed by atoms with van der Waals surface area (Å²) in [4.78, 5) is 10.0. The van der Waals surface area contributed by atoms with Gasteiger partial charge in [-0.05, 0) is 49.1 Å². The highest BCUT2D eigenvalue weighted by molar-refractivity contribution is 5.66. The smallest absolute Gasteiger partial charge is 0.142 e. The molecule has 0 aliphatic carbocycles. The minimum Gasteiger partial charge on any atom is -0.299 e. The first-order chi connectivity index (χ1) is 7.15. The molecule has 0 heterocycles. The fourth-order valence-electron chi connectivity index (χ4n) is 1.44. The van der Waals surface area contributed by atoms with Crippen LogP contribution >= 0.6 is 0 Å². The van der Waals surface area contributed by atoms with E-state index in [0.717, 1.165) is 6.29 Å². The number of carbonyl (C=O) groups excluding carboxylic acids is 1. The van der Waals surface area contributed by atoms with Crippen molar-refractivity contribution in [2.75, 3.05) is 0 Å². The van der Waals surface area contributed by atoms with E-state index in [2.05, 4.69) is 32.9 Å². The van der Waals surface area contributed by atoms with Crippen LogP contribution in [0.15, 0.2) is 30.4 Å². The van der Waals surface area contributed by atoms with E-state index in [-0.39, 0.29) is 0 Å². The van der Waals surface area contributed by atoms with E-state index >= 15 is 0 Å². The second kappa shape index (κ2) is 5.30. The van der Waals surface area contributed by atoms with E-state index in [4.69, 9.17) is 0 Å². The summed E-state index contributed by atoms with van der Waals surface area (Å²) in [5.74, 6) is 0. The monoisotopic (exact) mass is 200 g/mol. The number of aryl methyl sites for hydroxylation is 2. The lowest BCUT2D eigenvalue weighted by atomic mass is 10.0. The predicted molar refractivity (Wildman–Crippen MR) is 64.9 cm³/mol. The number of rotatable bonds is 3. The van der Waals surface area contributed by atoms with Gasteiger partial charge in [-0.1, -0.05) is 30.4 Å². The lowest BCUT2D eigenvalue weighted by molar-refractivity contribution is -0.104. The third-order valence-corrected chi connectivity index (χ3v) is 2.54. The van der Waals surface area contributed by atoms with Crippen LogP contribution in [0, 0.1) is 20.8 Å². The molecule has 0 radical (unpaired) electrons. The van der Waals surface area contributed by atoms with Crippen molar-refractivity contribution in [1.82, 2.24) is 0 Å². The summed E-state index contributed by atoms with van der Waals surface area (Å²) in [6.07, 6.45) is 7.86. The maximum absolute atomic E-state index is 10.0. The zero-order valence-electron chi connectivity index (χ0n) is 9.45. The number of hydrogen-bond acceptors (Lipinski definition) is 1. The Labute approximate surface area is 91.1 Å². The molecule has 0 unspecified atom stereocenters. The van der Waals surface area contributed by atoms with Gasteiger partial charge in [0.2, 0.25) is 0 Å². The molecule has 1 nitrogen and oxygen atoms in total. The van der Waals surface area contributed by atoms with Crippen LogP contribution in [0.3, 0.4) is 0 Å². The molecule has 0 atom stereocenters. The van der Waals surface area contributed by atoms with E-state index < -0.39 is 0 Å². The van der Waals surface area contributed by atoms with Gasteiger partial charge in [0.15, 0.2) is 0 Å². The highest BCUT2D eigenvalue weighted by Crippen LogP contribution is 2.16. The second-order valence-electron chi connectivity index (χ2n) is 3.66. The molecule has 0 amide bonds. The molecule has 0 saturated heterocycles. The maximum Gasteiger partial charge on any atom is 0.142 e. The molecule has 15 heavy (non-hydrogen) atoms. The molecule has 0 spiro atoms. The van der Waals surface area contributed by atoms with Crippen molar-refractivity contribution >= 4 is 12.4 Å². The Morgan fingerprint density at radius 1 is 0.933 bits per heavy atom. The van der Waals surface area contributed by atoms with Crippen molar-refractivity contribution in [3.63, 3.8) is 0 Å². The largest absolute Gasteiger partial charge is 0.299 e. The quantitative estimate of drug-likeness (QED) is 0.415. The highest BCUT2D eigenvalue weighted by atomic mass is 16.1. The summed E-state index contributed by atoms with van der Waals surface area (Å²) in [6, 6.07) is 4.29. The number of allylic oxidation sites excluding steroid dienone is 3. The van der Waals surface area contributed by atoms with Crippen LogP contribution < -0.4 is 0 Å². The third kappa shape index (κ3) is 3.21.